The monoisotopic (exact) mass is 233 g/mol. The lowest BCUT2D eigenvalue weighted by Gasteiger charge is -2.14. The largest absolute Gasteiger partial charge is 0.416 e. The van der Waals surface area contributed by atoms with E-state index in [4.69, 9.17) is 0 Å². The first kappa shape index (κ1) is 11.4. The maximum absolute atomic E-state index is 13.4. The summed E-state index contributed by atoms with van der Waals surface area (Å²) in [6.07, 6.45) is -2.88. The molecule has 0 aromatic heterocycles. The molecule has 1 N–H and O–H groups in total. The van der Waals surface area contributed by atoms with Crippen molar-refractivity contribution in [2.75, 3.05) is 6.54 Å². The maximum Gasteiger partial charge on any atom is 0.416 e. The Morgan fingerprint density at radius 1 is 1.25 bits per heavy atom. The first-order valence-electron chi connectivity index (χ1n) is 5.08. The molecule has 0 bridgehead atoms. The Labute approximate surface area is 90.5 Å². The summed E-state index contributed by atoms with van der Waals surface area (Å²) < 4.78 is 50.7. The third-order valence-corrected chi connectivity index (χ3v) is 2.76. The Bertz CT molecular complexity index is 380. The highest BCUT2D eigenvalue weighted by Gasteiger charge is 2.32. The van der Waals surface area contributed by atoms with Gasteiger partial charge in [0.2, 0.25) is 0 Å². The molecule has 0 aliphatic carbocycles. The van der Waals surface area contributed by atoms with Crippen LogP contribution in [-0.4, -0.2) is 6.54 Å². The standard InChI is InChI=1S/C11H11F4N/c12-9-4-3-7(11(13,14)15)6-8(9)10-2-1-5-16-10/h3-4,6,10,16H,1-2,5H2/t10-/m1/s1. The van der Waals surface area contributed by atoms with E-state index in [9.17, 15) is 17.6 Å². The van der Waals surface area contributed by atoms with Gasteiger partial charge in [0.15, 0.2) is 0 Å². The molecule has 0 saturated carbocycles. The number of hydrogen-bond donors (Lipinski definition) is 1. The summed E-state index contributed by atoms with van der Waals surface area (Å²) in [6, 6.07) is 2.27. The highest BCUT2D eigenvalue weighted by atomic mass is 19.4. The van der Waals surface area contributed by atoms with E-state index in [0.29, 0.717) is 6.42 Å². The normalized spacial score (nSPS) is 21.4. The van der Waals surface area contributed by atoms with Crippen molar-refractivity contribution in [3.05, 3.63) is 35.1 Å². The molecule has 0 radical (unpaired) electrons. The lowest BCUT2D eigenvalue weighted by molar-refractivity contribution is -0.137. The van der Waals surface area contributed by atoms with Gasteiger partial charge in [-0.15, -0.1) is 0 Å². The molecular formula is C11H11F4N. The maximum atomic E-state index is 13.4. The van der Waals surface area contributed by atoms with E-state index in [2.05, 4.69) is 5.32 Å². The zero-order chi connectivity index (χ0) is 11.8. The van der Waals surface area contributed by atoms with Gasteiger partial charge in [-0.25, -0.2) is 4.39 Å². The van der Waals surface area contributed by atoms with Gasteiger partial charge in [-0.3, -0.25) is 0 Å². The van der Waals surface area contributed by atoms with Gasteiger partial charge in [-0.2, -0.15) is 13.2 Å². The summed E-state index contributed by atoms with van der Waals surface area (Å²) in [5.74, 6) is -0.576. The number of rotatable bonds is 1. The van der Waals surface area contributed by atoms with Crippen LogP contribution in [0.2, 0.25) is 0 Å². The van der Waals surface area contributed by atoms with Crippen LogP contribution >= 0.6 is 0 Å². The molecule has 1 aliphatic rings. The molecule has 0 unspecified atom stereocenters. The fourth-order valence-corrected chi connectivity index (χ4v) is 1.94. The minimum atomic E-state index is -4.42. The first-order chi connectivity index (χ1) is 7.48. The van der Waals surface area contributed by atoms with Crippen molar-refractivity contribution in [1.29, 1.82) is 0 Å². The summed E-state index contributed by atoms with van der Waals surface area (Å²) in [5.41, 5.74) is -0.676. The predicted octanol–water partition coefficient (Wildman–Crippen LogP) is 3.27. The van der Waals surface area contributed by atoms with Gasteiger partial charge >= 0.3 is 6.18 Å². The lowest BCUT2D eigenvalue weighted by atomic mass is 10.0. The van der Waals surface area contributed by atoms with E-state index < -0.39 is 17.6 Å². The summed E-state index contributed by atoms with van der Waals surface area (Å²) in [6.45, 7) is 0.723. The predicted molar refractivity (Wildman–Crippen MR) is 51.4 cm³/mol. The summed E-state index contributed by atoms with van der Waals surface area (Å²) >= 11 is 0. The van der Waals surface area contributed by atoms with Crippen LogP contribution in [0.5, 0.6) is 0 Å². The molecule has 5 heteroatoms. The first-order valence-corrected chi connectivity index (χ1v) is 5.08. The van der Waals surface area contributed by atoms with Crippen LogP contribution in [0.25, 0.3) is 0 Å². The van der Waals surface area contributed by atoms with E-state index in [1.54, 1.807) is 0 Å². The lowest BCUT2D eigenvalue weighted by Crippen LogP contribution is -2.16. The topological polar surface area (TPSA) is 12.0 Å². The van der Waals surface area contributed by atoms with Crippen LogP contribution in [0.15, 0.2) is 18.2 Å². The van der Waals surface area contributed by atoms with Crippen molar-refractivity contribution >= 4 is 0 Å². The minimum absolute atomic E-state index is 0.118. The van der Waals surface area contributed by atoms with E-state index >= 15 is 0 Å². The molecule has 0 spiro atoms. The molecular weight excluding hydrogens is 222 g/mol. The van der Waals surface area contributed by atoms with E-state index in [1.807, 2.05) is 0 Å². The second-order valence-electron chi connectivity index (χ2n) is 3.88. The average Bonchev–Trinajstić information content (AvgIpc) is 2.69. The quantitative estimate of drug-likeness (QED) is 0.734. The Morgan fingerprint density at radius 3 is 2.56 bits per heavy atom. The van der Waals surface area contributed by atoms with E-state index in [0.717, 1.165) is 31.2 Å². The fraction of sp³-hybridized carbons (Fsp3) is 0.455. The molecule has 1 aliphatic heterocycles. The van der Waals surface area contributed by atoms with Crippen LogP contribution in [0.3, 0.4) is 0 Å². The van der Waals surface area contributed by atoms with Crippen LogP contribution in [0.1, 0.15) is 30.0 Å². The van der Waals surface area contributed by atoms with Gasteiger partial charge < -0.3 is 5.32 Å². The van der Waals surface area contributed by atoms with Crippen LogP contribution in [-0.2, 0) is 6.18 Å². The number of nitrogens with one attached hydrogen (secondary N) is 1. The molecule has 1 fully saturated rings. The van der Waals surface area contributed by atoms with Gasteiger partial charge in [-0.1, -0.05) is 0 Å². The molecule has 1 aromatic carbocycles. The van der Waals surface area contributed by atoms with Crippen molar-refractivity contribution < 1.29 is 17.6 Å². The van der Waals surface area contributed by atoms with Crippen molar-refractivity contribution in [3.8, 4) is 0 Å². The molecule has 0 amide bonds. The Kier molecular flexibility index (Phi) is 2.88. The van der Waals surface area contributed by atoms with Gasteiger partial charge in [0.25, 0.3) is 0 Å². The number of halogens is 4. The fourth-order valence-electron chi connectivity index (χ4n) is 1.94. The molecule has 1 atom stereocenters. The highest BCUT2D eigenvalue weighted by molar-refractivity contribution is 5.30. The smallest absolute Gasteiger partial charge is 0.310 e. The van der Waals surface area contributed by atoms with Gasteiger partial charge in [0.05, 0.1) is 5.56 Å². The van der Waals surface area contributed by atoms with Crippen LogP contribution in [0, 0.1) is 5.82 Å². The molecule has 1 aromatic rings. The second-order valence-corrected chi connectivity index (χ2v) is 3.88. The Balaban J connectivity index is 2.36. The highest BCUT2D eigenvalue weighted by Crippen LogP contribution is 2.33. The minimum Gasteiger partial charge on any atom is -0.310 e. The van der Waals surface area contributed by atoms with Crippen LogP contribution < -0.4 is 5.32 Å². The van der Waals surface area contributed by atoms with Crippen molar-refractivity contribution in [1.82, 2.24) is 5.32 Å². The average molecular weight is 233 g/mol. The Hall–Kier alpha value is -1.10. The summed E-state index contributed by atoms with van der Waals surface area (Å²) in [7, 11) is 0. The number of alkyl halides is 3. The molecule has 2 rings (SSSR count). The van der Waals surface area contributed by atoms with E-state index in [-0.39, 0.29) is 11.6 Å². The molecule has 1 saturated heterocycles. The molecule has 16 heavy (non-hydrogen) atoms. The SMILES string of the molecule is Fc1ccc(C(F)(F)F)cc1[C@H]1CCCN1. The summed E-state index contributed by atoms with van der Waals surface area (Å²) in [5, 5.41) is 2.99. The third-order valence-electron chi connectivity index (χ3n) is 2.76. The second kappa shape index (κ2) is 4.05. The summed E-state index contributed by atoms with van der Waals surface area (Å²) in [4.78, 5) is 0. The van der Waals surface area contributed by atoms with Gasteiger partial charge in [0, 0.05) is 11.6 Å². The zero-order valence-electron chi connectivity index (χ0n) is 8.44. The van der Waals surface area contributed by atoms with Gasteiger partial charge in [-0.05, 0) is 37.6 Å². The Morgan fingerprint density at radius 2 is 2.00 bits per heavy atom. The van der Waals surface area contributed by atoms with Crippen molar-refractivity contribution in [3.63, 3.8) is 0 Å². The number of benzene rings is 1. The third kappa shape index (κ3) is 2.19. The zero-order valence-corrected chi connectivity index (χ0v) is 8.44. The van der Waals surface area contributed by atoms with Crippen molar-refractivity contribution in [2.45, 2.75) is 25.1 Å². The molecule has 1 heterocycles. The van der Waals surface area contributed by atoms with E-state index in [1.165, 1.54) is 0 Å². The van der Waals surface area contributed by atoms with Crippen molar-refractivity contribution in [2.24, 2.45) is 0 Å². The molecule has 1 nitrogen and oxygen atoms in total. The van der Waals surface area contributed by atoms with Crippen LogP contribution in [0.4, 0.5) is 17.6 Å². The van der Waals surface area contributed by atoms with Gasteiger partial charge in [0.1, 0.15) is 5.82 Å². The number of hydrogen-bond acceptors (Lipinski definition) is 1. The molecule has 88 valence electrons.